The molecule has 0 amide bonds. The van der Waals surface area contributed by atoms with Gasteiger partial charge in [0.05, 0.1) is 0 Å². The Labute approximate surface area is 125 Å². The molecule has 1 fully saturated rings. The van der Waals surface area contributed by atoms with Gasteiger partial charge in [-0.25, -0.2) is 0 Å². The highest BCUT2D eigenvalue weighted by Gasteiger charge is 2.24. The molecule has 0 spiro atoms. The van der Waals surface area contributed by atoms with Gasteiger partial charge in [-0.3, -0.25) is 9.11 Å². The number of nitrogens with one attached hydrogen (secondary N) is 1. The van der Waals surface area contributed by atoms with Crippen LogP contribution in [0.5, 0.6) is 0 Å². The molecule has 0 radical (unpaired) electrons. The molecule has 3 nitrogen and oxygen atoms in total. The average molecular weight is 294 g/mol. The molecule has 1 N–H and O–H groups in total. The van der Waals surface area contributed by atoms with Crippen LogP contribution in [0.25, 0.3) is 0 Å². The second-order valence-electron chi connectivity index (χ2n) is 5.57. The highest BCUT2D eigenvalue weighted by molar-refractivity contribution is 7.84. The average Bonchev–Trinajstić information content (AvgIpc) is 2.48. The van der Waals surface area contributed by atoms with Gasteiger partial charge in [0.25, 0.3) is 0 Å². The Hall–Kier alpha value is -0.710. The van der Waals surface area contributed by atoms with Crippen molar-refractivity contribution in [3.8, 4) is 0 Å². The SMILES string of the molecule is CCS(=O)CCN1CC(Cc2ccccc2)NCC1C. The molecule has 0 saturated carbocycles. The first-order chi connectivity index (χ1) is 9.69. The topological polar surface area (TPSA) is 32.3 Å². The number of hydrogen-bond donors (Lipinski definition) is 1. The maximum absolute atomic E-state index is 11.6. The van der Waals surface area contributed by atoms with Crippen molar-refractivity contribution >= 4 is 10.8 Å². The minimum absolute atomic E-state index is 0.503. The predicted octanol–water partition coefficient (Wildman–Crippen LogP) is 1.66. The van der Waals surface area contributed by atoms with Crippen LogP contribution >= 0.6 is 0 Å². The molecule has 4 heteroatoms. The summed E-state index contributed by atoms with van der Waals surface area (Å²) in [6.45, 7) is 7.28. The van der Waals surface area contributed by atoms with Gasteiger partial charge in [-0.15, -0.1) is 0 Å². The summed E-state index contributed by atoms with van der Waals surface area (Å²) in [6.07, 6.45) is 1.07. The zero-order valence-corrected chi connectivity index (χ0v) is 13.4. The summed E-state index contributed by atoms with van der Waals surface area (Å²) in [5.41, 5.74) is 1.39. The van der Waals surface area contributed by atoms with Crippen LogP contribution < -0.4 is 5.32 Å². The summed E-state index contributed by atoms with van der Waals surface area (Å²) in [4.78, 5) is 2.48. The molecular formula is C16H26N2OS. The zero-order chi connectivity index (χ0) is 14.4. The quantitative estimate of drug-likeness (QED) is 0.866. The Balaban J connectivity index is 1.85. The summed E-state index contributed by atoms with van der Waals surface area (Å²) in [7, 11) is -0.655. The van der Waals surface area contributed by atoms with Gasteiger partial charge in [0, 0.05) is 54.0 Å². The van der Waals surface area contributed by atoms with Crippen LogP contribution in [0.1, 0.15) is 19.4 Å². The van der Waals surface area contributed by atoms with Crippen molar-refractivity contribution in [2.24, 2.45) is 0 Å². The molecule has 3 atom stereocenters. The Morgan fingerprint density at radius 1 is 1.35 bits per heavy atom. The van der Waals surface area contributed by atoms with Gasteiger partial charge in [-0.2, -0.15) is 0 Å². The van der Waals surface area contributed by atoms with Crippen LogP contribution in [-0.4, -0.2) is 52.3 Å². The van der Waals surface area contributed by atoms with Crippen molar-refractivity contribution in [2.75, 3.05) is 31.1 Å². The largest absolute Gasteiger partial charge is 0.311 e. The van der Waals surface area contributed by atoms with E-state index in [1.165, 1.54) is 5.56 Å². The number of rotatable bonds is 6. The van der Waals surface area contributed by atoms with Crippen LogP contribution in [0.4, 0.5) is 0 Å². The lowest BCUT2D eigenvalue weighted by atomic mass is 10.0. The van der Waals surface area contributed by atoms with Crippen molar-refractivity contribution in [2.45, 2.75) is 32.4 Å². The van der Waals surface area contributed by atoms with E-state index >= 15 is 0 Å². The van der Waals surface area contributed by atoms with Crippen molar-refractivity contribution < 1.29 is 4.21 Å². The van der Waals surface area contributed by atoms with Crippen molar-refractivity contribution in [1.29, 1.82) is 0 Å². The molecule has 1 aliphatic heterocycles. The highest BCUT2D eigenvalue weighted by atomic mass is 32.2. The number of piperazine rings is 1. The number of nitrogens with zero attached hydrogens (tertiary/aromatic N) is 1. The van der Waals surface area contributed by atoms with Gasteiger partial charge in [-0.1, -0.05) is 37.3 Å². The molecule has 112 valence electrons. The minimum atomic E-state index is -0.655. The van der Waals surface area contributed by atoms with Crippen molar-refractivity contribution in [3.05, 3.63) is 35.9 Å². The van der Waals surface area contributed by atoms with E-state index in [4.69, 9.17) is 0 Å². The fourth-order valence-electron chi connectivity index (χ4n) is 2.70. The van der Waals surface area contributed by atoms with E-state index in [0.29, 0.717) is 12.1 Å². The molecule has 1 heterocycles. The summed E-state index contributed by atoms with van der Waals surface area (Å²) in [6, 6.07) is 11.7. The van der Waals surface area contributed by atoms with E-state index in [2.05, 4.69) is 47.5 Å². The zero-order valence-electron chi connectivity index (χ0n) is 12.5. The summed E-state index contributed by atoms with van der Waals surface area (Å²) >= 11 is 0. The van der Waals surface area contributed by atoms with Gasteiger partial charge in [0.2, 0.25) is 0 Å². The normalized spacial score (nSPS) is 25.5. The van der Waals surface area contributed by atoms with E-state index in [1.807, 2.05) is 6.92 Å². The van der Waals surface area contributed by atoms with Crippen LogP contribution in [0.2, 0.25) is 0 Å². The molecular weight excluding hydrogens is 268 g/mol. The van der Waals surface area contributed by atoms with Crippen molar-refractivity contribution in [3.63, 3.8) is 0 Å². The third kappa shape index (κ3) is 4.69. The number of hydrogen-bond acceptors (Lipinski definition) is 3. The molecule has 0 bridgehead atoms. The lowest BCUT2D eigenvalue weighted by molar-refractivity contribution is 0.149. The van der Waals surface area contributed by atoms with Crippen LogP contribution in [0.3, 0.4) is 0 Å². The first-order valence-electron chi connectivity index (χ1n) is 7.55. The molecule has 1 aromatic rings. The van der Waals surface area contributed by atoms with E-state index < -0.39 is 10.8 Å². The minimum Gasteiger partial charge on any atom is -0.311 e. The Morgan fingerprint density at radius 3 is 2.80 bits per heavy atom. The van der Waals surface area contributed by atoms with E-state index in [1.54, 1.807) is 0 Å². The fourth-order valence-corrected chi connectivity index (χ4v) is 3.43. The molecule has 2 rings (SSSR count). The van der Waals surface area contributed by atoms with Gasteiger partial charge in [-0.05, 0) is 18.9 Å². The monoisotopic (exact) mass is 294 g/mol. The van der Waals surface area contributed by atoms with Gasteiger partial charge in [0.15, 0.2) is 0 Å². The lowest BCUT2D eigenvalue weighted by Gasteiger charge is -2.38. The standard InChI is InChI=1S/C16H26N2OS/c1-3-20(19)10-9-18-13-16(17-12-14(18)2)11-15-7-5-4-6-8-15/h4-8,14,16-17H,3,9-13H2,1-2H3. The summed E-state index contributed by atoms with van der Waals surface area (Å²) < 4.78 is 11.6. The molecule has 3 unspecified atom stereocenters. The third-order valence-electron chi connectivity index (χ3n) is 4.03. The number of benzene rings is 1. The fraction of sp³-hybridized carbons (Fsp3) is 0.625. The highest BCUT2D eigenvalue weighted by Crippen LogP contribution is 2.11. The van der Waals surface area contributed by atoms with E-state index in [0.717, 1.165) is 37.6 Å². The second-order valence-corrected chi connectivity index (χ2v) is 7.44. The molecule has 20 heavy (non-hydrogen) atoms. The van der Waals surface area contributed by atoms with E-state index in [-0.39, 0.29) is 0 Å². The summed E-state index contributed by atoms with van der Waals surface area (Å²) in [5.74, 6) is 1.58. The van der Waals surface area contributed by atoms with Crippen LogP contribution in [-0.2, 0) is 17.2 Å². The Bertz CT molecular complexity index is 424. The summed E-state index contributed by atoms with van der Waals surface area (Å²) in [5, 5.41) is 3.63. The second kappa shape index (κ2) is 7.91. The van der Waals surface area contributed by atoms with E-state index in [9.17, 15) is 4.21 Å². The van der Waals surface area contributed by atoms with Crippen LogP contribution in [0.15, 0.2) is 30.3 Å². The lowest BCUT2D eigenvalue weighted by Crippen LogP contribution is -2.56. The smallest absolute Gasteiger partial charge is 0.0362 e. The first-order valence-corrected chi connectivity index (χ1v) is 9.04. The maximum Gasteiger partial charge on any atom is 0.0362 e. The molecule has 1 aromatic carbocycles. The molecule has 0 aromatic heterocycles. The van der Waals surface area contributed by atoms with Crippen LogP contribution in [0, 0.1) is 0 Å². The third-order valence-corrected chi connectivity index (χ3v) is 5.32. The predicted molar refractivity (Wildman–Crippen MR) is 86.5 cm³/mol. The molecule has 1 aliphatic rings. The Kier molecular flexibility index (Phi) is 6.20. The van der Waals surface area contributed by atoms with Gasteiger partial charge < -0.3 is 5.32 Å². The molecule has 1 saturated heterocycles. The molecule has 0 aliphatic carbocycles. The van der Waals surface area contributed by atoms with Crippen molar-refractivity contribution in [1.82, 2.24) is 10.2 Å². The van der Waals surface area contributed by atoms with Gasteiger partial charge >= 0.3 is 0 Å². The Morgan fingerprint density at radius 2 is 2.10 bits per heavy atom. The first kappa shape index (κ1) is 15.7. The maximum atomic E-state index is 11.6. The van der Waals surface area contributed by atoms with Gasteiger partial charge in [0.1, 0.15) is 0 Å².